The molecule has 94 valence electrons. The van der Waals surface area contributed by atoms with Crippen molar-refractivity contribution in [2.75, 3.05) is 12.4 Å². The predicted octanol–water partition coefficient (Wildman–Crippen LogP) is 3.08. The minimum absolute atomic E-state index is 0.151. The second kappa shape index (κ2) is 5.64. The molecule has 0 aliphatic carbocycles. The maximum Gasteiger partial charge on any atom is 0.229 e. The second-order valence-electron chi connectivity index (χ2n) is 3.65. The third-order valence-electron chi connectivity index (χ3n) is 2.35. The van der Waals surface area contributed by atoms with E-state index in [0.717, 1.165) is 4.88 Å². The van der Waals surface area contributed by atoms with E-state index in [4.69, 9.17) is 4.74 Å². The SMILES string of the molecule is COc1cc(F)ccc1NC(=O)Cc1cccs1. The molecule has 18 heavy (non-hydrogen) atoms. The zero-order valence-corrected chi connectivity index (χ0v) is 10.6. The molecule has 0 spiro atoms. The highest BCUT2D eigenvalue weighted by molar-refractivity contribution is 7.10. The van der Waals surface area contributed by atoms with Crippen molar-refractivity contribution in [3.63, 3.8) is 0 Å². The van der Waals surface area contributed by atoms with E-state index in [1.807, 2.05) is 17.5 Å². The summed E-state index contributed by atoms with van der Waals surface area (Å²) in [6.45, 7) is 0. The summed E-state index contributed by atoms with van der Waals surface area (Å²) in [5.74, 6) is -0.236. The summed E-state index contributed by atoms with van der Waals surface area (Å²) < 4.78 is 18.0. The van der Waals surface area contributed by atoms with Gasteiger partial charge in [-0.05, 0) is 23.6 Å². The van der Waals surface area contributed by atoms with Crippen molar-refractivity contribution in [1.82, 2.24) is 0 Å². The Morgan fingerprint density at radius 3 is 2.94 bits per heavy atom. The molecule has 1 aromatic heterocycles. The number of amides is 1. The molecular formula is C13H12FNO2S. The van der Waals surface area contributed by atoms with Crippen LogP contribution in [-0.2, 0) is 11.2 Å². The van der Waals surface area contributed by atoms with Gasteiger partial charge in [-0.15, -0.1) is 11.3 Å². The largest absolute Gasteiger partial charge is 0.494 e. The molecule has 3 nitrogen and oxygen atoms in total. The summed E-state index contributed by atoms with van der Waals surface area (Å²) in [6.07, 6.45) is 0.304. The predicted molar refractivity (Wildman–Crippen MR) is 69.6 cm³/mol. The Bertz CT molecular complexity index is 540. The zero-order valence-electron chi connectivity index (χ0n) is 9.77. The van der Waals surface area contributed by atoms with Gasteiger partial charge < -0.3 is 10.1 Å². The average molecular weight is 265 g/mol. The molecule has 0 aliphatic rings. The van der Waals surface area contributed by atoms with E-state index >= 15 is 0 Å². The summed E-state index contributed by atoms with van der Waals surface area (Å²) in [5, 5.41) is 4.62. The molecule has 1 heterocycles. The van der Waals surface area contributed by atoms with Gasteiger partial charge in [0.1, 0.15) is 11.6 Å². The van der Waals surface area contributed by atoms with E-state index in [1.165, 1.54) is 36.6 Å². The van der Waals surface area contributed by atoms with Crippen LogP contribution in [-0.4, -0.2) is 13.0 Å². The summed E-state index contributed by atoms with van der Waals surface area (Å²) in [6, 6.07) is 7.79. The summed E-state index contributed by atoms with van der Waals surface area (Å²) in [4.78, 5) is 12.8. The highest BCUT2D eigenvalue weighted by atomic mass is 32.1. The molecule has 0 saturated heterocycles. The third kappa shape index (κ3) is 3.07. The number of carbonyl (C=O) groups is 1. The van der Waals surface area contributed by atoms with Crippen molar-refractivity contribution in [2.45, 2.75) is 6.42 Å². The summed E-state index contributed by atoms with van der Waals surface area (Å²) >= 11 is 1.52. The molecule has 0 atom stereocenters. The Kier molecular flexibility index (Phi) is 3.94. The molecule has 0 aliphatic heterocycles. The lowest BCUT2D eigenvalue weighted by Crippen LogP contribution is -2.14. The van der Waals surface area contributed by atoms with Crippen LogP contribution in [0.4, 0.5) is 10.1 Å². The number of halogens is 1. The molecule has 1 N–H and O–H groups in total. The Hall–Kier alpha value is -1.88. The van der Waals surface area contributed by atoms with Crippen molar-refractivity contribution in [1.29, 1.82) is 0 Å². The van der Waals surface area contributed by atoms with Crippen molar-refractivity contribution in [2.24, 2.45) is 0 Å². The normalized spacial score (nSPS) is 10.1. The van der Waals surface area contributed by atoms with E-state index in [-0.39, 0.29) is 5.91 Å². The van der Waals surface area contributed by atoms with Gasteiger partial charge in [-0.1, -0.05) is 6.07 Å². The Morgan fingerprint density at radius 2 is 2.28 bits per heavy atom. The molecule has 1 amide bonds. The minimum atomic E-state index is -0.400. The van der Waals surface area contributed by atoms with Crippen LogP contribution in [0.5, 0.6) is 5.75 Å². The van der Waals surface area contributed by atoms with Crippen LogP contribution in [0.1, 0.15) is 4.88 Å². The minimum Gasteiger partial charge on any atom is -0.494 e. The Balaban J connectivity index is 2.07. The summed E-state index contributed by atoms with van der Waals surface area (Å²) in [7, 11) is 1.43. The molecular weight excluding hydrogens is 253 g/mol. The van der Waals surface area contributed by atoms with E-state index in [9.17, 15) is 9.18 Å². The van der Waals surface area contributed by atoms with Crippen LogP contribution < -0.4 is 10.1 Å². The number of hydrogen-bond acceptors (Lipinski definition) is 3. The van der Waals surface area contributed by atoms with Crippen LogP contribution in [0, 0.1) is 5.82 Å². The van der Waals surface area contributed by atoms with Gasteiger partial charge >= 0.3 is 0 Å². The molecule has 2 aromatic rings. The average Bonchev–Trinajstić information content (AvgIpc) is 2.84. The first-order valence-electron chi connectivity index (χ1n) is 5.35. The van der Waals surface area contributed by atoms with Gasteiger partial charge in [0.25, 0.3) is 0 Å². The van der Waals surface area contributed by atoms with E-state index < -0.39 is 5.82 Å². The summed E-state index contributed by atoms with van der Waals surface area (Å²) in [5.41, 5.74) is 0.473. The van der Waals surface area contributed by atoms with Gasteiger partial charge in [0.2, 0.25) is 5.91 Å². The van der Waals surface area contributed by atoms with Gasteiger partial charge in [0.05, 0.1) is 19.2 Å². The number of anilines is 1. The standard InChI is InChI=1S/C13H12FNO2S/c1-17-12-7-9(14)4-5-11(12)15-13(16)8-10-3-2-6-18-10/h2-7H,8H2,1H3,(H,15,16). The molecule has 0 bridgehead atoms. The highest BCUT2D eigenvalue weighted by Gasteiger charge is 2.09. The van der Waals surface area contributed by atoms with Crippen molar-refractivity contribution >= 4 is 22.9 Å². The number of rotatable bonds is 4. The monoisotopic (exact) mass is 265 g/mol. The van der Waals surface area contributed by atoms with E-state index in [2.05, 4.69) is 5.32 Å². The van der Waals surface area contributed by atoms with Gasteiger partial charge in [-0.2, -0.15) is 0 Å². The van der Waals surface area contributed by atoms with Gasteiger partial charge in [0.15, 0.2) is 0 Å². The maximum absolute atomic E-state index is 13.0. The van der Waals surface area contributed by atoms with E-state index in [0.29, 0.717) is 17.9 Å². The maximum atomic E-state index is 13.0. The van der Waals surface area contributed by atoms with Gasteiger partial charge in [-0.25, -0.2) is 4.39 Å². The quantitative estimate of drug-likeness (QED) is 0.922. The zero-order chi connectivity index (χ0) is 13.0. The van der Waals surface area contributed by atoms with Crippen LogP contribution in [0.2, 0.25) is 0 Å². The van der Waals surface area contributed by atoms with Crippen LogP contribution in [0.25, 0.3) is 0 Å². The number of carbonyl (C=O) groups excluding carboxylic acids is 1. The molecule has 1 aromatic carbocycles. The van der Waals surface area contributed by atoms with E-state index in [1.54, 1.807) is 0 Å². The molecule has 0 saturated carbocycles. The topological polar surface area (TPSA) is 38.3 Å². The van der Waals surface area contributed by atoms with Crippen LogP contribution in [0.15, 0.2) is 35.7 Å². The second-order valence-corrected chi connectivity index (χ2v) is 4.68. The fourth-order valence-corrected chi connectivity index (χ4v) is 2.24. The lowest BCUT2D eigenvalue weighted by Gasteiger charge is -2.09. The first kappa shape index (κ1) is 12.6. The number of benzene rings is 1. The Morgan fingerprint density at radius 1 is 1.44 bits per heavy atom. The molecule has 5 heteroatoms. The number of hydrogen-bond donors (Lipinski definition) is 1. The number of thiophene rings is 1. The lowest BCUT2D eigenvalue weighted by molar-refractivity contribution is -0.115. The first-order chi connectivity index (χ1) is 8.69. The van der Waals surface area contributed by atoms with Crippen LogP contribution in [0.3, 0.4) is 0 Å². The number of nitrogens with one attached hydrogen (secondary N) is 1. The van der Waals surface area contributed by atoms with Crippen LogP contribution >= 0.6 is 11.3 Å². The van der Waals surface area contributed by atoms with Gasteiger partial charge in [0, 0.05) is 10.9 Å². The fraction of sp³-hybridized carbons (Fsp3) is 0.154. The number of methoxy groups -OCH3 is 1. The molecule has 0 radical (unpaired) electrons. The third-order valence-corrected chi connectivity index (χ3v) is 3.23. The molecule has 0 fully saturated rings. The number of ether oxygens (including phenoxy) is 1. The van der Waals surface area contributed by atoms with Crippen molar-refractivity contribution in [3.8, 4) is 5.75 Å². The van der Waals surface area contributed by atoms with Crippen molar-refractivity contribution in [3.05, 3.63) is 46.4 Å². The van der Waals surface area contributed by atoms with Gasteiger partial charge in [-0.3, -0.25) is 4.79 Å². The van der Waals surface area contributed by atoms with Crippen molar-refractivity contribution < 1.29 is 13.9 Å². The molecule has 0 unspecified atom stereocenters. The smallest absolute Gasteiger partial charge is 0.229 e. The highest BCUT2D eigenvalue weighted by Crippen LogP contribution is 2.25. The fourth-order valence-electron chi connectivity index (χ4n) is 1.53. The lowest BCUT2D eigenvalue weighted by atomic mass is 10.2. The Labute approximate surface area is 108 Å². The molecule has 2 rings (SSSR count). The first-order valence-corrected chi connectivity index (χ1v) is 6.23.